The van der Waals surface area contributed by atoms with Gasteiger partial charge in [-0.15, -0.1) is 0 Å². The number of fused-ring (bicyclic) bond motifs is 1. The summed E-state index contributed by atoms with van der Waals surface area (Å²) in [5.41, 5.74) is 6.96. The predicted molar refractivity (Wildman–Crippen MR) is 116 cm³/mol. The van der Waals surface area contributed by atoms with E-state index >= 15 is 0 Å². The molecule has 3 amide bonds. The molecular weight excluding hydrogens is 433 g/mol. The monoisotopic (exact) mass is 459 g/mol. The van der Waals surface area contributed by atoms with Crippen LogP contribution >= 0.6 is 0 Å². The largest absolute Gasteiger partial charge is 0.391 e. The van der Waals surface area contributed by atoms with E-state index in [1.54, 1.807) is 11.5 Å². The van der Waals surface area contributed by atoms with Crippen molar-refractivity contribution in [3.05, 3.63) is 46.3 Å². The maximum Gasteiger partial charge on any atom is 0.294 e. The van der Waals surface area contributed by atoms with Crippen molar-refractivity contribution in [3.8, 4) is 0 Å². The number of nitrogens with two attached hydrogens (primary N) is 1. The molecule has 2 aromatic heterocycles. The van der Waals surface area contributed by atoms with Crippen LogP contribution in [-0.4, -0.2) is 50.3 Å². The summed E-state index contributed by atoms with van der Waals surface area (Å²) in [5.74, 6) is -4.19. The number of aromatic nitrogens is 2. The number of pyridine rings is 1. The third kappa shape index (κ3) is 4.77. The second-order valence-electron chi connectivity index (χ2n) is 8.11. The van der Waals surface area contributed by atoms with Gasteiger partial charge in [-0.1, -0.05) is 0 Å². The normalized spacial score (nSPS) is 14.7. The van der Waals surface area contributed by atoms with Crippen molar-refractivity contribution in [2.75, 3.05) is 5.32 Å². The van der Waals surface area contributed by atoms with E-state index in [9.17, 15) is 28.7 Å². The van der Waals surface area contributed by atoms with Gasteiger partial charge in [0.05, 0.1) is 29.2 Å². The number of hydrogen-bond donors (Lipinski definition) is 4. The highest BCUT2D eigenvalue weighted by Gasteiger charge is 2.34. The molecule has 0 aromatic carbocycles. The van der Waals surface area contributed by atoms with Crippen LogP contribution in [-0.2, 0) is 22.6 Å². The SMILES string of the molecule is Cc1cc(NC(=O)c2c(C)c(C(=O)C(=O)N[C@H](C(N)=O)[C@@H](C)O)n3c2CCCC3)cnc1F. The molecule has 0 unspecified atom stereocenters. The molecule has 176 valence electrons. The zero-order valence-electron chi connectivity index (χ0n) is 18.6. The molecule has 0 aliphatic carbocycles. The Balaban J connectivity index is 1.96. The number of aliphatic hydroxyl groups excluding tert-OH is 1. The molecular formula is C22H26FN5O5. The highest BCUT2D eigenvalue weighted by Crippen LogP contribution is 2.29. The minimum absolute atomic E-state index is 0.0366. The van der Waals surface area contributed by atoms with E-state index in [1.165, 1.54) is 26.1 Å². The van der Waals surface area contributed by atoms with Gasteiger partial charge in [0.2, 0.25) is 11.9 Å². The van der Waals surface area contributed by atoms with Crippen LogP contribution < -0.4 is 16.4 Å². The van der Waals surface area contributed by atoms with Gasteiger partial charge >= 0.3 is 0 Å². The fourth-order valence-electron chi connectivity index (χ4n) is 4.03. The number of nitrogens with zero attached hydrogens (tertiary/aromatic N) is 2. The molecule has 10 nitrogen and oxygen atoms in total. The number of primary amides is 1. The van der Waals surface area contributed by atoms with Crippen LogP contribution in [0, 0.1) is 19.8 Å². The molecule has 5 N–H and O–H groups in total. The van der Waals surface area contributed by atoms with E-state index in [1.807, 2.05) is 0 Å². The van der Waals surface area contributed by atoms with Gasteiger partial charge in [0, 0.05) is 17.8 Å². The van der Waals surface area contributed by atoms with Gasteiger partial charge in [0.1, 0.15) is 6.04 Å². The summed E-state index contributed by atoms with van der Waals surface area (Å²) in [5, 5.41) is 14.5. The molecule has 3 heterocycles. The topological polar surface area (TPSA) is 156 Å². The number of nitrogens with one attached hydrogen (secondary N) is 2. The number of hydrogen-bond acceptors (Lipinski definition) is 6. The molecule has 0 saturated carbocycles. The Morgan fingerprint density at radius 3 is 2.55 bits per heavy atom. The van der Waals surface area contributed by atoms with Gasteiger partial charge in [0.25, 0.3) is 17.6 Å². The fraction of sp³-hybridized carbons (Fsp3) is 0.409. The van der Waals surface area contributed by atoms with Crippen molar-refractivity contribution in [2.24, 2.45) is 5.73 Å². The average molecular weight is 459 g/mol. The lowest BCUT2D eigenvalue weighted by molar-refractivity contribution is -0.127. The lowest BCUT2D eigenvalue weighted by atomic mass is 10.0. The van der Waals surface area contributed by atoms with Crippen molar-refractivity contribution in [1.82, 2.24) is 14.9 Å². The van der Waals surface area contributed by atoms with Crippen LogP contribution in [0.1, 0.15) is 57.4 Å². The van der Waals surface area contributed by atoms with Gasteiger partial charge < -0.3 is 26.0 Å². The Kier molecular flexibility index (Phi) is 6.92. The van der Waals surface area contributed by atoms with E-state index in [0.29, 0.717) is 29.9 Å². The first-order valence-electron chi connectivity index (χ1n) is 10.5. The van der Waals surface area contributed by atoms with Gasteiger partial charge in [-0.2, -0.15) is 4.39 Å². The number of rotatable bonds is 7. The zero-order chi connectivity index (χ0) is 24.4. The Labute approximate surface area is 189 Å². The Morgan fingerprint density at radius 1 is 1.24 bits per heavy atom. The van der Waals surface area contributed by atoms with E-state index < -0.39 is 41.6 Å². The molecule has 0 radical (unpaired) electrons. The highest BCUT2D eigenvalue weighted by molar-refractivity contribution is 6.43. The number of anilines is 1. The smallest absolute Gasteiger partial charge is 0.294 e. The Morgan fingerprint density at radius 2 is 1.94 bits per heavy atom. The minimum atomic E-state index is -1.44. The lowest BCUT2D eigenvalue weighted by Gasteiger charge is -2.20. The maximum atomic E-state index is 13.5. The van der Waals surface area contributed by atoms with Crippen molar-refractivity contribution in [2.45, 2.75) is 58.7 Å². The summed E-state index contributed by atoms with van der Waals surface area (Å²) in [6.45, 7) is 4.78. The van der Waals surface area contributed by atoms with Gasteiger partial charge in [0.15, 0.2) is 0 Å². The lowest BCUT2D eigenvalue weighted by Crippen LogP contribution is -2.52. The molecule has 0 fully saturated rings. The van der Waals surface area contributed by atoms with E-state index in [4.69, 9.17) is 5.73 Å². The summed E-state index contributed by atoms with van der Waals surface area (Å²) in [7, 11) is 0. The van der Waals surface area contributed by atoms with Crippen LogP contribution in [0.3, 0.4) is 0 Å². The van der Waals surface area contributed by atoms with Crippen LogP contribution in [0.25, 0.3) is 0 Å². The molecule has 0 saturated heterocycles. The average Bonchev–Trinajstić information content (AvgIpc) is 3.05. The number of Topliss-reactive ketones (excluding diaryl/α,β-unsaturated/α-hetero) is 1. The first-order chi connectivity index (χ1) is 15.5. The molecule has 2 aromatic rings. The van der Waals surface area contributed by atoms with Crippen LogP contribution in [0.15, 0.2) is 12.3 Å². The number of amides is 3. The van der Waals surface area contributed by atoms with Gasteiger partial charge in [-0.25, -0.2) is 4.98 Å². The molecule has 11 heteroatoms. The molecule has 33 heavy (non-hydrogen) atoms. The highest BCUT2D eigenvalue weighted by atomic mass is 19.1. The zero-order valence-corrected chi connectivity index (χ0v) is 18.6. The second-order valence-corrected chi connectivity index (χ2v) is 8.11. The maximum absolute atomic E-state index is 13.5. The number of carbonyl (C=O) groups excluding carboxylic acids is 4. The standard InChI is InChI=1S/C22H26FN5O5/c1-10-8-13(9-25-19(10)23)26-21(32)15-11(2)17(28-7-5-4-6-14(15)28)18(30)22(33)27-16(12(3)29)20(24)31/h8-9,12,16,29H,4-7H2,1-3H3,(H2,24,31)(H,26,32)(H,27,33)/t12-,16+/m1/s1. The molecule has 0 spiro atoms. The summed E-state index contributed by atoms with van der Waals surface area (Å²) in [6.07, 6.45) is 1.97. The second kappa shape index (κ2) is 9.49. The van der Waals surface area contributed by atoms with Gasteiger partial charge in [-0.3, -0.25) is 19.2 Å². The number of ketones is 1. The van der Waals surface area contributed by atoms with Crippen molar-refractivity contribution in [1.29, 1.82) is 0 Å². The van der Waals surface area contributed by atoms with E-state index in [0.717, 1.165) is 12.8 Å². The van der Waals surface area contributed by atoms with E-state index in [-0.39, 0.29) is 16.8 Å². The van der Waals surface area contributed by atoms with Crippen molar-refractivity contribution >= 4 is 29.2 Å². The van der Waals surface area contributed by atoms with Gasteiger partial charge in [-0.05, 0) is 51.7 Å². The molecule has 0 bridgehead atoms. The molecule has 1 aliphatic rings. The number of aliphatic hydroxyl groups is 1. The summed E-state index contributed by atoms with van der Waals surface area (Å²) >= 11 is 0. The summed E-state index contributed by atoms with van der Waals surface area (Å²) < 4.78 is 15.1. The van der Waals surface area contributed by atoms with Crippen LogP contribution in [0.4, 0.5) is 10.1 Å². The van der Waals surface area contributed by atoms with Crippen LogP contribution in [0.2, 0.25) is 0 Å². The predicted octanol–water partition coefficient (Wildman–Crippen LogP) is 0.761. The molecule has 2 atom stereocenters. The van der Waals surface area contributed by atoms with E-state index in [2.05, 4.69) is 15.6 Å². The Hall–Kier alpha value is -3.60. The first kappa shape index (κ1) is 24.1. The third-order valence-electron chi connectivity index (χ3n) is 5.66. The fourth-order valence-corrected chi connectivity index (χ4v) is 4.03. The summed E-state index contributed by atoms with van der Waals surface area (Å²) in [6, 6.07) is 0.00648. The molecule has 3 rings (SSSR count). The number of carbonyl (C=O) groups is 4. The first-order valence-corrected chi connectivity index (χ1v) is 10.5. The van der Waals surface area contributed by atoms with Crippen LogP contribution in [0.5, 0.6) is 0 Å². The Bertz CT molecular complexity index is 1140. The van der Waals surface area contributed by atoms with Crippen molar-refractivity contribution < 1.29 is 28.7 Å². The minimum Gasteiger partial charge on any atom is -0.391 e. The number of halogens is 1. The quantitative estimate of drug-likeness (QED) is 0.272. The third-order valence-corrected chi connectivity index (χ3v) is 5.66. The van der Waals surface area contributed by atoms with Crippen molar-refractivity contribution in [3.63, 3.8) is 0 Å². The number of aryl methyl sites for hydroxylation is 1. The molecule has 1 aliphatic heterocycles. The summed E-state index contributed by atoms with van der Waals surface area (Å²) in [4.78, 5) is 53.9.